The van der Waals surface area contributed by atoms with Crippen molar-refractivity contribution in [2.24, 2.45) is 0 Å². The molecule has 1 aromatic carbocycles. The Bertz CT molecular complexity index is 1320. The number of nitrogens with zero attached hydrogens (tertiary/aromatic N) is 4. The van der Waals surface area contributed by atoms with Gasteiger partial charge < -0.3 is 9.30 Å². The molecule has 174 valence electrons. The SMILES string of the molecule is C[C@@H](CF)NS(=O)(=O)c1cnc(-c2c(C#N)c3ccc(OC(F)F)cc3n2C2CCC2)nc1. The van der Waals surface area contributed by atoms with Gasteiger partial charge in [-0.05, 0) is 38.3 Å². The molecule has 8 nitrogen and oxygen atoms in total. The van der Waals surface area contributed by atoms with Gasteiger partial charge in [0, 0.05) is 23.5 Å². The Hall–Kier alpha value is -3.17. The van der Waals surface area contributed by atoms with Crippen LogP contribution in [0.15, 0.2) is 35.5 Å². The first-order valence-corrected chi connectivity index (χ1v) is 11.7. The molecule has 0 unspecified atom stereocenters. The lowest BCUT2D eigenvalue weighted by molar-refractivity contribution is -0.0497. The highest BCUT2D eigenvalue weighted by atomic mass is 32.2. The average Bonchev–Trinajstić information content (AvgIpc) is 3.05. The van der Waals surface area contributed by atoms with Crippen molar-refractivity contribution < 1.29 is 26.3 Å². The number of nitrogens with one attached hydrogen (secondary N) is 1. The van der Waals surface area contributed by atoms with Crippen LogP contribution in [0.4, 0.5) is 13.2 Å². The average molecular weight is 479 g/mol. The Kier molecular flexibility index (Phi) is 6.27. The molecule has 1 N–H and O–H groups in total. The fourth-order valence-corrected chi connectivity index (χ4v) is 4.88. The molecule has 2 aromatic heterocycles. The second kappa shape index (κ2) is 8.99. The number of alkyl halides is 3. The van der Waals surface area contributed by atoms with Gasteiger partial charge >= 0.3 is 6.61 Å². The third-order valence-corrected chi connectivity index (χ3v) is 7.03. The largest absolute Gasteiger partial charge is 0.435 e. The van der Waals surface area contributed by atoms with E-state index in [9.17, 15) is 26.9 Å². The summed E-state index contributed by atoms with van der Waals surface area (Å²) in [6, 6.07) is 5.57. The van der Waals surface area contributed by atoms with E-state index in [0.717, 1.165) is 31.7 Å². The molecule has 1 fully saturated rings. The quantitative estimate of drug-likeness (QED) is 0.524. The standard InChI is InChI=1S/C21H20F3N5O3S/c1-12(8-22)28-33(30,31)15-10-26-20(27-11-15)19-17(9-25)16-6-5-14(32-21(23)24)7-18(16)29(19)13-3-2-4-13/h5-7,10-13,21,28H,2-4,8H2,1H3/t12-/m0/s1. The fraction of sp³-hybridized carbons (Fsp3) is 0.381. The normalized spacial score (nSPS) is 15.4. The van der Waals surface area contributed by atoms with Crippen LogP contribution >= 0.6 is 0 Å². The number of halogens is 3. The first-order valence-electron chi connectivity index (χ1n) is 10.2. The first-order chi connectivity index (χ1) is 15.7. The van der Waals surface area contributed by atoms with E-state index in [2.05, 4.69) is 25.5 Å². The number of ether oxygens (including phenoxy) is 1. The van der Waals surface area contributed by atoms with E-state index in [1.807, 2.05) is 4.57 Å². The molecule has 1 aliphatic rings. The van der Waals surface area contributed by atoms with Crippen molar-refractivity contribution in [3.63, 3.8) is 0 Å². The Morgan fingerprint density at radius 3 is 2.55 bits per heavy atom. The minimum Gasteiger partial charge on any atom is -0.435 e. The summed E-state index contributed by atoms with van der Waals surface area (Å²) in [4.78, 5) is 8.11. The van der Waals surface area contributed by atoms with E-state index in [0.29, 0.717) is 16.6 Å². The summed E-state index contributed by atoms with van der Waals surface area (Å²) in [5.74, 6) is 0.0745. The van der Waals surface area contributed by atoms with Crippen molar-refractivity contribution in [2.75, 3.05) is 6.67 Å². The second-order valence-corrected chi connectivity index (χ2v) is 9.48. The lowest BCUT2D eigenvalue weighted by Crippen LogP contribution is -2.34. The van der Waals surface area contributed by atoms with E-state index in [4.69, 9.17) is 0 Å². The molecule has 1 aliphatic carbocycles. The summed E-state index contributed by atoms with van der Waals surface area (Å²) >= 11 is 0. The predicted octanol–water partition coefficient (Wildman–Crippen LogP) is 3.93. The minimum atomic E-state index is -4.02. The maximum Gasteiger partial charge on any atom is 0.387 e. The smallest absolute Gasteiger partial charge is 0.387 e. The van der Waals surface area contributed by atoms with Gasteiger partial charge in [-0.1, -0.05) is 0 Å². The summed E-state index contributed by atoms with van der Waals surface area (Å²) in [6.45, 7) is -2.48. The van der Waals surface area contributed by atoms with Crippen LogP contribution in [0.5, 0.6) is 5.75 Å². The molecule has 0 bridgehead atoms. The van der Waals surface area contributed by atoms with E-state index in [1.54, 1.807) is 0 Å². The highest BCUT2D eigenvalue weighted by molar-refractivity contribution is 7.89. The van der Waals surface area contributed by atoms with Gasteiger partial charge in [0.25, 0.3) is 0 Å². The summed E-state index contributed by atoms with van der Waals surface area (Å²) in [5.41, 5.74) is 1.16. The zero-order valence-electron chi connectivity index (χ0n) is 17.5. The number of hydrogen-bond donors (Lipinski definition) is 1. The molecule has 2 heterocycles. The topological polar surface area (TPSA) is 110 Å². The number of fused-ring (bicyclic) bond motifs is 1. The van der Waals surface area contributed by atoms with Crippen molar-refractivity contribution in [1.82, 2.24) is 19.3 Å². The molecule has 1 atom stereocenters. The van der Waals surface area contributed by atoms with Gasteiger partial charge in [-0.25, -0.2) is 27.5 Å². The molecule has 3 aromatic rings. The molecule has 0 saturated heterocycles. The third-order valence-electron chi connectivity index (χ3n) is 5.49. The van der Waals surface area contributed by atoms with Crippen LogP contribution in [-0.4, -0.2) is 42.3 Å². The van der Waals surface area contributed by atoms with Gasteiger partial charge in [-0.15, -0.1) is 0 Å². The van der Waals surface area contributed by atoms with Crippen LogP contribution in [0.3, 0.4) is 0 Å². The number of rotatable bonds is 8. The lowest BCUT2D eigenvalue weighted by atomic mass is 9.92. The molecule has 0 aliphatic heterocycles. The maximum absolute atomic E-state index is 12.7. The van der Waals surface area contributed by atoms with Gasteiger partial charge in [0.1, 0.15) is 29.1 Å². The molecular weight excluding hydrogens is 459 g/mol. The highest BCUT2D eigenvalue weighted by Crippen LogP contribution is 2.42. The molecule has 0 radical (unpaired) electrons. The van der Waals surface area contributed by atoms with E-state index < -0.39 is 29.4 Å². The number of nitriles is 1. The van der Waals surface area contributed by atoms with Gasteiger partial charge in [0.15, 0.2) is 5.82 Å². The monoisotopic (exact) mass is 479 g/mol. The van der Waals surface area contributed by atoms with Gasteiger partial charge in [-0.2, -0.15) is 14.0 Å². The van der Waals surface area contributed by atoms with Crippen molar-refractivity contribution in [1.29, 1.82) is 5.26 Å². The third kappa shape index (κ3) is 4.38. The van der Waals surface area contributed by atoms with Gasteiger partial charge in [-0.3, -0.25) is 0 Å². The molecule has 1 saturated carbocycles. The van der Waals surface area contributed by atoms with Crippen molar-refractivity contribution in [3.05, 3.63) is 36.2 Å². The zero-order valence-corrected chi connectivity index (χ0v) is 18.3. The van der Waals surface area contributed by atoms with E-state index in [1.165, 1.54) is 25.1 Å². The molecule has 33 heavy (non-hydrogen) atoms. The predicted molar refractivity (Wildman–Crippen MR) is 113 cm³/mol. The second-order valence-electron chi connectivity index (χ2n) is 7.77. The number of benzene rings is 1. The van der Waals surface area contributed by atoms with Crippen LogP contribution in [0, 0.1) is 11.3 Å². The molecular formula is C21H20F3N5O3S. The van der Waals surface area contributed by atoms with Crippen LogP contribution in [-0.2, 0) is 10.0 Å². The Labute approximate surface area is 188 Å². The molecule has 0 spiro atoms. The Balaban J connectivity index is 1.84. The van der Waals surface area contributed by atoms with E-state index in [-0.39, 0.29) is 28.1 Å². The highest BCUT2D eigenvalue weighted by Gasteiger charge is 2.29. The summed E-state index contributed by atoms with van der Waals surface area (Å²) in [6.07, 6.45) is 4.78. The Morgan fingerprint density at radius 1 is 1.30 bits per heavy atom. The number of hydrogen-bond acceptors (Lipinski definition) is 6. The summed E-state index contributed by atoms with van der Waals surface area (Å²) in [7, 11) is -4.02. The zero-order chi connectivity index (χ0) is 23.8. The first kappa shape index (κ1) is 23.0. The molecule has 0 amide bonds. The summed E-state index contributed by atoms with van der Waals surface area (Å²) in [5, 5.41) is 10.4. The van der Waals surface area contributed by atoms with E-state index >= 15 is 0 Å². The van der Waals surface area contributed by atoms with Crippen LogP contribution in [0.1, 0.15) is 37.8 Å². The van der Waals surface area contributed by atoms with Gasteiger partial charge in [0.2, 0.25) is 10.0 Å². The maximum atomic E-state index is 12.7. The number of aromatic nitrogens is 3. The minimum absolute atomic E-state index is 0.00507. The van der Waals surface area contributed by atoms with Crippen molar-refractivity contribution >= 4 is 20.9 Å². The summed E-state index contributed by atoms with van der Waals surface area (Å²) < 4.78 is 71.5. The molecule has 4 rings (SSSR count). The number of sulfonamides is 1. The molecule has 12 heteroatoms. The van der Waals surface area contributed by atoms with Crippen LogP contribution in [0.2, 0.25) is 0 Å². The Morgan fingerprint density at radius 2 is 2.00 bits per heavy atom. The fourth-order valence-electron chi connectivity index (χ4n) is 3.77. The van der Waals surface area contributed by atoms with Gasteiger partial charge in [0.05, 0.1) is 23.5 Å². The van der Waals surface area contributed by atoms with Crippen LogP contribution in [0.25, 0.3) is 22.4 Å². The lowest BCUT2D eigenvalue weighted by Gasteiger charge is -2.29. The van der Waals surface area contributed by atoms with Crippen molar-refractivity contribution in [3.8, 4) is 23.3 Å². The van der Waals surface area contributed by atoms with Crippen LogP contribution < -0.4 is 9.46 Å². The van der Waals surface area contributed by atoms with Crippen molar-refractivity contribution in [2.45, 2.75) is 49.8 Å².